The van der Waals surface area contributed by atoms with Crippen LogP contribution in [0.1, 0.15) is 25.7 Å². The standard InChI is InChI=1S/C14H19FN2S/c15-12-8-4-5-9-14(12)18-10-13(17-16)11-6-2-1-3-7-11/h4-6,8-9,13,17H,1-3,7,10,16H2. The first kappa shape index (κ1) is 13.6. The third-order valence-electron chi connectivity index (χ3n) is 3.22. The summed E-state index contributed by atoms with van der Waals surface area (Å²) < 4.78 is 13.5. The number of nitrogens with one attached hydrogen (secondary N) is 1. The fourth-order valence-electron chi connectivity index (χ4n) is 2.18. The van der Waals surface area contributed by atoms with E-state index in [-0.39, 0.29) is 11.9 Å². The van der Waals surface area contributed by atoms with Gasteiger partial charge in [-0.1, -0.05) is 23.8 Å². The van der Waals surface area contributed by atoms with Crippen LogP contribution in [-0.2, 0) is 0 Å². The van der Waals surface area contributed by atoms with Gasteiger partial charge in [-0.3, -0.25) is 11.3 Å². The number of rotatable bonds is 5. The van der Waals surface area contributed by atoms with Gasteiger partial charge >= 0.3 is 0 Å². The van der Waals surface area contributed by atoms with Gasteiger partial charge in [-0.15, -0.1) is 11.8 Å². The number of allylic oxidation sites excluding steroid dienone is 1. The minimum Gasteiger partial charge on any atom is -0.271 e. The maximum Gasteiger partial charge on any atom is 0.136 e. The second-order valence-corrected chi connectivity index (χ2v) is 5.55. The number of hydrazine groups is 1. The molecule has 0 radical (unpaired) electrons. The molecular weight excluding hydrogens is 247 g/mol. The Morgan fingerprint density at radius 2 is 2.17 bits per heavy atom. The summed E-state index contributed by atoms with van der Waals surface area (Å²) in [5, 5.41) is 0. The second kappa shape index (κ2) is 6.92. The largest absolute Gasteiger partial charge is 0.271 e. The lowest BCUT2D eigenvalue weighted by Gasteiger charge is -2.22. The molecule has 1 aliphatic carbocycles. The van der Waals surface area contributed by atoms with Gasteiger partial charge in [0.2, 0.25) is 0 Å². The smallest absolute Gasteiger partial charge is 0.136 e. The van der Waals surface area contributed by atoms with Gasteiger partial charge in [-0.05, 0) is 37.8 Å². The zero-order valence-corrected chi connectivity index (χ0v) is 11.2. The number of hydrogen-bond donors (Lipinski definition) is 2. The summed E-state index contributed by atoms with van der Waals surface area (Å²) in [6, 6.07) is 7.02. The van der Waals surface area contributed by atoms with Crippen molar-refractivity contribution in [3.05, 3.63) is 41.7 Å². The first-order valence-corrected chi connectivity index (χ1v) is 7.32. The highest BCUT2D eigenvalue weighted by Gasteiger charge is 2.15. The molecule has 0 aromatic heterocycles. The molecule has 2 nitrogen and oxygen atoms in total. The quantitative estimate of drug-likeness (QED) is 0.372. The molecule has 0 spiro atoms. The van der Waals surface area contributed by atoms with Gasteiger partial charge < -0.3 is 0 Å². The summed E-state index contributed by atoms with van der Waals surface area (Å²) in [7, 11) is 0. The Hall–Kier alpha value is -0.840. The molecule has 0 saturated heterocycles. The molecule has 18 heavy (non-hydrogen) atoms. The molecule has 0 aliphatic heterocycles. The van der Waals surface area contributed by atoms with Crippen molar-refractivity contribution in [1.29, 1.82) is 0 Å². The normalized spacial score (nSPS) is 17.3. The van der Waals surface area contributed by atoms with Gasteiger partial charge in [-0.25, -0.2) is 4.39 Å². The number of nitrogens with two attached hydrogens (primary N) is 1. The van der Waals surface area contributed by atoms with Gasteiger partial charge in [-0.2, -0.15) is 0 Å². The lowest BCUT2D eigenvalue weighted by molar-refractivity contribution is 0.580. The second-order valence-electron chi connectivity index (χ2n) is 4.49. The number of thioether (sulfide) groups is 1. The van der Waals surface area contributed by atoms with Gasteiger partial charge in [0.15, 0.2) is 0 Å². The van der Waals surface area contributed by atoms with E-state index >= 15 is 0 Å². The molecule has 0 amide bonds. The molecule has 0 saturated carbocycles. The minimum atomic E-state index is -0.157. The fourth-order valence-corrected chi connectivity index (χ4v) is 3.21. The van der Waals surface area contributed by atoms with Crippen molar-refractivity contribution < 1.29 is 4.39 Å². The first-order valence-electron chi connectivity index (χ1n) is 6.33. The van der Waals surface area contributed by atoms with Crippen LogP contribution in [0.5, 0.6) is 0 Å². The Morgan fingerprint density at radius 3 is 2.83 bits per heavy atom. The van der Waals surface area contributed by atoms with E-state index in [0.717, 1.165) is 18.6 Å². The molecule has 0 heterocycles. The van der Waals surface area contributed by atoms with Crippen LogP contribution in [0.25, 0.3) is 0 Å². The highest BCUT2D eigenvalue weighted by atomic mass is 32.2. The third kappa shape index (κ3) is 3.57. The van der Waals surface area contributed by atoms with Crippen molar-refractivity contribution in [2.24, 2.45) is 5.84 Å². The minimum absolute atomic E-state index is 0.148. The summed E-state index contributed by atoms with van der Waals surface area (Å²) >= 11 is 1.52. The maximum atomic E-state index is 13.5. The summed E-state index contributed by atoms with van der Waals surface area (Å²) in [6.45, 7) is 0. The average Bonchev–Trinajstić information content (AvgIpc) is 2.42. The monoisotopic (exact) mass is 266 g/mol. The molecule has 1 unspecified atom stereocenters. The van der Waals surface area contributed by atoms with Crippen LogP contribution in [0.4, 0.5) is 4.39 Å². The predicted octanol–water partition coefficient (Wildman–Crippen LogP) is 3.25. The van der Waals surface area contributed by atoms with E-state index in [2.05, 4.69) is 11.5 Å². The van der Waals surface area contributed by atoms with E-state index in [1.54, 1.807) is 6.07 Å². The van der Waals surface area contributed by atoms with Crippen molar-refractivity contribution in [3.8, 4) is 0 Å². The van der Waals surface area contributed by atoms with Crippen LogP contribution in [0.3, 0.4) is 0 Å². The van der Waals surface area contributed by atoms with Gasteiger partial charge in [0, 0.05) is 10.6 Å². The van der Waals surface area contributed by atoms with Crippen molar-refractivity contribution in [3.63, 3.8) is 0 Å². The third-order valence-corrected chi connectivity index (χ3v) is 4.36. The lowest BCUT2D eigenvalue weighted by Crippen LogP contribution is -2.39. The van der Waals surface area contributed by atoms with E-state index in [9.17, 15) is 4.39 Å². The van der Waals surface area contributed by atoms with Crippen LogP contribution >= 0.6 is 11.8 Å². The topological polar surface area (TPSA) is 38.0 Å². The van der Waals surface area contributed by atoms with Crippen molar-refractivity contribution in [2.75, 3.05) is 5.75 Å². The summed E-state index contributed by atoms with van der Waals surface area (Å²) in [6.07, 6.45) is 7.01. The van der Waals surface area contributed by atoms with Crippen molar-refractivity contribution >= 4 is 11.8 Å². The fraction of sp³-hybridized carbons (Fsp3) is 0.429. The molecule has 1 aromatic rings. The van der Waals surface area contributed by atoms with Crippen LogP contribution in [0.15, 0.2) is 40.8 Å². The van der Waals surface area contributed by atoms with E-state index in [1.807, 2.05) is 12.1 Å². The number of benzene rings is 1. The van der Waals surface area contributed by atoms with E-state index in [4.69, 9.17) is 5.84 Å². The Labute approximate surface area is 112 Å². The first-order chi connectivity index (χ1) is 8.81. The Balaban J connectivity index is 1.95. The van der Waals surface area contributed by atoms with Gasteiger partial charge in [0.05, 0.1) is 6.04 Å². The Kier molecular flexibility index (Phi) is 5.23. The molecule has 1 aliphatic rings. The molecule has 0 bridgehead atoms. The lowest BCUT2D eigenvalue weighted by atomic mass is 9.95. The van der Waals surface area contributed by atoms with Gasteiger partial charge in [0.1, 0.15) is 5.82 Å². The molecule has 3 N–H and O–H groups in total. The molecular formula is C14H19FN2S. The predicted molar refractivity (Wildman–Crippen MR) is 74.8 cm³/mol. The SMILES string of the molecule is NNC(CSc1ccccc1F)C1=CCCCC1. The maximum absolute atomic E-state index is 13.5. The number of halogens is 1. The summed E-state index contributed by atoms with van der Waals surface area (Å²) in [5.41, 5.74) is 4.22. The van der Waals surface area contributed by atoms with Crippen LogP contribution in [0, 0.1) is 5.82 Å². The average molecular weight is 266 g/mol. The van der Waals surface area contributed by atoms with Crippen LogP contribution in [-0.4, -0.2) is 11.8 Å². The highest BCUT2D eigenvalue weighted by molar-refractivity contribution is 7.99. The van der Waals surface area contributed by atoms with Gasteiger partial charge in [0.25, 0.3) is 0 Å². The number of hydrogen-bond acceptors (Lipinski definition) is 3. The molecule has 2 rings (SSSR count). The molecule has 1 atom stereocenters. The molecule has 0 fully saturated rings. The van der Waals surface area contributed by atoms with Crippen LogP contribution in [0.2, 0.25) is 0 Å². The summed E-state index contributed by atoms with van der Waals surface area (Å²) in [5.74, 6) is 6.22. The summed E-state index contributed by atoms with van der Waals surface area (Å²) in [4.78, 5) is 0.689. The zero-order valence-electron chi connectivity index (χ0n) is 10.4. The molecule has 1 aromatic carbocycles. The van der Waals surface area contributed by atoms with Crippen LogP contribution < -0.4 is 11.3 Å². The van der Waals surface area contributed by atoms with Crippen molar-refractivity contribution in [1.82, 2.24) is 5.43 Å². The Bertz CT molecular complexity index is 420. The van der Waals surface area contributed by atoms with Crippen molar-refractivity contribution in [2.45, 2.75) is 36.6 Å². The zero-order chi connectivity index (χ0) is 12.8. The molecule has 98 valence electrons. The van der Waals surface area contributed by atoms with E-state index in [1.165, 1.54) is 36.2 Å². The molecule has 4 heteroatoms. The Morgan fingerprint density at radius 1 is 1.33 bits per heavy atom. The highest BCUT2D eigenvalue weighted by Crippen LogP contribution is 2.26. The van der Waals surface area contributed by atoms with E-state index < -0.39 is 0 Å². The van der Waals surface area contributed by atoms with E-state index in [0.29, 0.717) is 4.90 Å².